The van der Waals surface area contributed by atoms with Crippen LogP contribution in [-0.2, 0) is 19.6 Å². The average molecular weight is 377 g/mol. The lowest BCUT2D eigenvalue weighted by molar-refractivity contribution is -0.126. The van der Waals surface area contributed by atoms with Gasteiger partial charge in [0.05, 0.1) is 12.0 Å². The van der Waals surface area contributed by atoms with Gasteiger partial charge in [0.25, 0.3) is 10.0 Å². The van der Waals surface area contributed by atoms with Gasteiger partial charge < -0.3 is 15.0 Å². The minimum Gasteiger partial charge on any atom is -0.376 e. The molecule has 3 heterocycles. The summed E-state index contributed by atoms with van der Waals surface area (Å²) in [5.41, 5.74) is 0.632. The van der Waals surface area contributed by atoms with Gasteiger partial charge in [0, 0.05) is 31.8 Å². The summed E-state index contributed by atoms with van der Waals surface area (Å²) in [6.07, 6.45) is 3.79. The largest absolute Gasteiger partial charge is 0.376 e. The number of fused-ring (bicyclic) bond motifs is 1. The number of carbonyl (C=O) groups is 1. The Kier molecular flexibility index (Phi) is 4.71. The van der Waals surface area contributed by atoms with Gasteiger partial charge in [0.1, 0.15) is 4.90 Å². The lowest BCUT2D eigenvalue weighted by atomic mass is 9.96. The van der Waals surface area contributed by atoms with Crippen LogP contribution in [0.3, 0.4) is 0 Å². The highest BCUT2D eigenvalue weighted by Crippen LogP contribution is 2.29. The molecule has 0 bridgehead atoms. The predicted octanol–water partition coefficient (Wildman–Crippen LogP) is 1.14. The molecule has 0 aliphatic carbocycles. The molecule has 1 amide bonds. The first-order chi connectivity index (χ1) is 12.5. The van der Waals surface area contributed by atoms with Crippen LogP contribution >= 0.6 is 0 Å². The van der Waals surface area contributed by atoms with E-state index in [9.17, 15) is 13.2 Å². The first kappa shape index (κ1) is 17.5. The van der Waals surface area contributed by atoms with Crippen molar-refractivity contribution in [3.05, 3.63) is 29.8 Å². The van der Waals surface area contributed by atoms with Crippen LogP contribution in [0.5, 0.6) is 0 Å². The normalized spacial score (nSPS) is 27.1. The van der Waals surface area contributed by atoms with E-state index in [-0.39, 0.29) is 22.8 Å². The van der Waals surface area contributed by atoms with Gasteiger partial charge in [0.2, 0.25) is 5.91 Å². The smallest absolute Gasteiger partial charge is 0.285 e. The molecule has 2 fully saturated rings. The number of sulfonamides is 1. The quantitative estimate of drug-likeness (QED) is 0.854. The van der Waals surface area contributed by atoms with Gasteiger partial charge in [-0.2, -0.15) is 8.42 Å². The third-order valence-electron chi connectivity index (χ3n) is 5.23. The fraction of sp³-hybridized carbons (Fsp3) is 0.556. The zero-order valence-electron chi connectivity index (χ0n) is 14.6. The second-order valence-electron chi connectivity index (χ2n) is 7.05. The Balaban J connectivity index is 1.45. The number of benzene rings is 1. The maximum absolute atomic E-state index is 12.5. The van der Waals surface area contributed by atoms with Crippen molar-refractivity contribution in [2.24, 2.45) is 10.3 Å². The van der Waals surface area contributed by atoms with Crippen molar-refractivity contribution in [3.8, 4) is 0 Å². The van der Waals surface area contributed by atoms with Gasteiger partial charge in [-0.3, -0.25) is 4.79 Å². The Hall–Kier alpha value is -1.93. The molecule has 0 spiro atoms. The molecule has 1 N–H and O–H groups in total. The van der Waals surface area contributed by atoms with Crippen molar-refractivity contribution < 1.29 is 17.9 Å². The van der Waals surface area contributed by atoms with E-state index in [0.29, 0.717) is 31.0 Å². The molecule has 1 aromatic carbocycles. The van der Waals surface area contributed by atoms with Crippen molar-refractivity contribution in [1.29, 1.82) is 0 Å². The van der Waals surface area contributed by atoms with E-state index in [2.05, 4.69) is 9.71 Å². The summed E-state index contributed by atoms with van der Waals surface area (Å²) in [4.78, 5) is 14.7. The molecular formula is C18H23N3O4S. The maximum atomic E-state index is 12.5. The Morgan fingerprint density at radius 1 is 1.27 bits per heavy atom. The Morgan fingerprint density at radius 2 is 2.12 bits per heavy atom. The van der Waals surface area contributed by atoms with Crippen molar-refractivity contribution in [1.82, 2.24) is 10.2 Å². The first-order valence-electron chi connectivity index (χ1n) is 9.13. The van der Waals surface area contributed by atoms with Crippen molar-refractivity contribution in [3.63, 3.8) is 0 Å². The third-order valence-corrected chi connectivity index (χ3v) is 6.56. The summed E-state index contributed by atoms with van der Waals surface area (Å²) in [5, 5.41) is 2.99. The average Bonchev–Trinajstić information content (AvgIpc) is 3.26. The number of ether oxygens (including phenoxy) is 1. The number of rotatable bonds is 3. The molecular weight excluding hydrogens is 354 g/mol. The number of amides is 1. The van der Waals surface area contributed by atoms with Crippen LogP contribution in [0.1, 0.15) is 31.2 Å². The van der Waals surface area contributed by atoms with Crippen molar-refractivity contribution >= 4 is 21.8 Å². The second kappa shape index (κ2) is 7.00. The molecule has 0 unspecified atom stereocenters. The monoisotopic (exact) mass is 377 g/mol. The van der Waals surface area contributed by atoms with Gasteiger partial charge in [-0.1, -0.05) is 12.1 Å². The molecule has 0 saturated carbocycles. The van der Waals surface area contributed by atoms with Gasteiger partial charge in [-0.15, -0.1) is 4.40 Å². The van der Waals surface area contributed by atoms with Crippen LogP contribution in [0, 0.1) is 5.92 Å². The standard InChI is InChI=1S/C18H23N3O4S/c22-18(19-11-14-6-4-10-25-14)13-5-3-9-21(12-13)17-15-7-1-2-8-16(15)26(23,24)20-17/h1-2,7-8,13-14H,3-6,9-12H2,(H,19,22)/t13-,14+/m0/s1. The number of amidine groups is 1. The molecule has 0 radical (unpaired) electrons. The summed E-state index contributed by atoms with van der Waals surface area (Å²) >= 11 is 0. The van der Waals surface area contributed by atoms with E-state index in [0.717, 1.165) is 32.3 Å². The van der Waals surface area contributed by atoms with Crippen LogP contribution in [0.2, 0.25) is 0 Å². The van der Waals surface area contributed by atoms with Crippen LogP contribution < -0.4 is 5.32 Å². The van der Waals surface area contributed by atoms with Gasteiger partial charge in [-0.25, -0.2) is 0 Å². The highest BCUT2D eigenvalue weighted by atomic mass is 32.2. The molecule has 140 valence electrons. The summed E-state index contributed by atoms with van der Waals surface area (Å²) in [6, 6.07) is 6.87. The fourth-order valence-electron chi connectivity index (χ4n) is 3.86. The number of hydrogen-bond acceptors (Lipinski definition) is 5. The number of carbonyl (C=O) groups excluding carboxylic acids is 1. The number of hydrogen-bond donors (Lipinski definition) is 1. The van der Waals surface area contributed by atoms with E-state index in [1.807, 2.05) is 11.0 Å². The van der Waals surface area contributed by atoms with Crippen LogP contribution in [0.15, 0.2) is 33.6 Å². The van der Waals surface area contributed by atoms with Crippen molar-refractivity contribution in [2.75, 3.05) is 26.2 Å². The number of piperidine rings is 1. The Bertz CT molecular complexity index is 831. The molecule has 4 rings (SSSR count). The van der Waals surface area contributed by atoms with Gasteiger partial charge in [0.15, 0.2) is 5.84 Å². The molecule has 3 aliphatic heterocycles. The zero-order valence-corrected chi connectivity index (χ0v) is 15.4. The molecule has 8 heteroatoms. The predicted molar refractivity (Wildman–Crippen MR) is 96.4 cm³/mol. The number of nitrogens with one attached hydrogen (secondary N) is 1. The summed E-state index contributed by atoms with van der Waals surface area (Å²) < 4.78 is 34.0. The van der Waals surface area contributed by atoms with Crippen LogP contribution in [0.25, 0.3) is 0 Å². The van der Waals surface area contributed by atoms with E-state index >= 15 is 0 Å². The van der Waals surface area contributed by atoms with Gasteiger partial charge in [-0.05, 0) is 37.8 Å². The molecule has 0 aromatic heterocycles. The maximum Gasteiger partial charge on any atom is 0.285 e. The minimum absolute atomic E-state index is 0.0138. The summed E-state index contributed by atoms with van der Waals surface area (Å²) in [7, 11) is -3.63. The highest BCUT2D eigenvalue weighted by molar-refractivity contribution is 7.90. The number of nitrogens with zero attached hydrogens (tertiary/aromatic N) is 2. The lowest BCUT2D eigenvalue weighted by Crippen LogP contribution is -2.46. The van der Waals surface area contributed by atoms with E-state index in [1.165, 1.54) is 0 Å². The van der Waals surface area contributed by atoms with Crippen molar-refractivity contribution in [2.45, 2.75) is 36.7 Å². The SMILES string of the molecule is O=C(NC[C@H]1CCCO1)[C@H]1CCCN(C2=NS(=O)(=O)c3ccccc32)C1. The molecule has 26 heavy (non-hydrogen) atoms. The van der Waals surface area contributed by atoms with Crippen LogP contribution in [0.4, 0.5) is 0 Å². The molecule has 3 aliphatic rings. The summed E-state index contributed by atoms with van der Waals surface area (Å²) in [6.45, 7) is 2.51. The number of likely N-dealkylation sites (tertiary alicyclic amines) is 1. The van der Waals surface area contributed by atoms with Crippen LogP contribution in [-0.4, -0.2) is 57.4 Å². The van der Waals surface area contributed by atoms with E-state index < -0.39 is 10.0 Å². The Labute approximate surface area is 153 Å². The molecule has 7 nitrogen and oxygen atoms in total. The van der Waals surface area contributed by atoms with Gasteiger partial charge >= 0.3 is 0 Å². The minimum atomic E-state index is -3.63. The van der Waals surface area contributed by atoms with E-state index in [1.54, 1.807) is 18.2 Å². The zero-order chi connectivity index (χ0) is 18.1. The van der Waals surface area contributed by atoms with E-state index in [4.69, 9.17) is 4.74 Å². The Morgan fingerprint density at radius 3 is 2.92 bits per heavy atom. The third kappa shape index (κ3) is 3.35. The lowest BCUT2D eigenvalue weighted by Gasteiger charge is -2.33. The highest BCUT2D eigenvalue weighted by Gasteiger charge is 2.35. The fourth-order valence-corrected chi connectivity index (χ4v) is 5.09. The first-order valence-corrected chi connectivity index (χ1v) is 10.6. The summed E-state index contributed by atoms with van der Waals surface area (Å²) in [5.74, 6) is 0.320. The molecule has 1 aromatic rings. The topological polar surface area (TPSA) is 88.1 Å². The molecule has 2 atom stereocenters. The molecule has 2 saturated heterocycles. The second-order valence-corrected chi connectivity index (χ2v) is 8.62.